The minimum atomic E-state index is -0.132. The molecular formula is C11H18N2O2. The normalized spacial score (nSPS) is 39.7. The van der Waals surface area contributed by atoms with E-state index in [4.69, 9.17) is 4.74 Å². The molecule has 0 spiro atoms. The second kappa shape index (κ2) is 3.76. The van der Waals surface area contributed by atoms with Crippen molar-refractivity contribution in [2.75, 3.05) is 26.2 Å². The fourth-order valence-corrected chi connectivity index (χ4v) is 2.93. The first-order chi connectivity index (χ1) is 7.36. The summed E-state index contributed by atoms with van der Waals surface area (Å²) in [6, 6.07) is 0.454. The number of amides is 1. The fraction of sp³-hybridized carbons (Fsp3) is 0.909. The zero-order valence-electron chi connectivity index (χ0n) is 8.95. The zero-order chi connectivity index (χ0) is 10.3. The van der Waals surface area contributed by atoms with E-state index >= 15 is 0 Å². The van der Waals surface area contributed by atoms with Gasteiger partial charge in [0.25, 0.3) is 5.91 Å². The maximum atomic E-state index is 12.1. The molecule has 0 aromatic heterocycles. The number of hydrogen-bond acceptors (Lipinski definition) is 3. The molecule has 3 fully saturated rings. The van der Waals surface area contributed by atoms with Gasteiger partial charge in [0, 0.05) is 25.7 Å². The van der Waals surface area contributed by atoms with Crippen LogP contribution >= 0.6 is 0 Å². The van der Waals surface area contributed by atoms with Gasteiger partial charge in [-0.1, -0.05) is 0 Å². The summed E-state index contributed by atoms with van der Waals surface area (Å²) in [5.41, 5.74) is 0. The Hall–Kier alpha value is -0.610. The molecule has 3 saturated heterocycles. The van der Waals surface area contributed by atoms with Gasteiger partial charge in [-0.25, -0.2) is 0 Å². The molecular weight excluding hydrogens is 192 g/mol. The summed E-state index contributed by atoms with van der Waals surface area (Å²) in [5.74, 6) is 0.981. The van der Waals surface area contributed by atoms with Gasteiger partial charge in [-0.3, -0.25) is 4.79 Å². The quantitative estimate of drug-likeness (QED) is 0.661. The lowest BCUT2D eigenvalue weighted by atomic mass is 9.82. The molecule has 0 aliphatic carbocycles. The minimum Gasteiger partial charge on any atom is -0.368 e. The fourth-order valence-electron chi connectivity index (χ4n) is 2.93. The van der Waals surface area contributed by atoms with Crippen molar-refractivity contribution < 1.29 is 9.53 Å². The Morgan fingerprint density at radius 1 is 1.40 bits per heavy atom. The van der Waals surface area contributed by atoms with E-state index in [0.29, 0.717) is 6.04 Å². The second-order valence-electron chi connectivity index (χ2n) is 4.81. The number of likely N-dealkylation sites (tertiary alicyclic amines) is 1. The molecule has 0 unspecified atom stereocenters. The molecule has 1 N–H and O–H groups in total. The van der Waals surface area contributed by atoms with Gasteiger partial charge in [0.05, 0.1) is 0 Å². The predicted octanol–water partition coefficient (Wildman–Crippen LogP) is -0.0143. The van der Waals surface area contributed by atoms with Gasteiger partial charge in [0.1, 0.15) is 6.10 Å². The summed E-state index contributed by atoms with van der Waals surface area (Å²) >= 11 is 0. The van der Waals surface area contributed by atoms with Crippen LogP contribution in [0, 0.1) is 5.92 Å². The van der Waals surface area contributed by atoms with Crippen LogP contribution in [0.3, 0.4) is 0 Å². The summed E-state index contributed by atoms with van der Waals surface area (Å²) in [7, 11) is 0. The second-order valence-corrected chi connectivity index (χ2v) is 4.81. The number of carbonyl (C=O) groups is 1. The Bertz CT molecular complexity index is 263. The average molecular weight is 210 g/mol. The Morgan fingerprint density at radius 3 is 3.07 bits per heavy atom. The van der Waals surface area contributed by atoms with Gasteiger partial charge >= 0.3 is 0 Å². The molecule has 3 aliphatic rings. The lowest BCUT2D eigenvalue weighted by Crippen LogP contribution is -2.66. The molecule has 3 heterocycles. The largest absolute Gasteiger partial charge is 0.368 e. The van der Waals surface area contributed by atoms with E-state index < -0.39 is 0 Å². The highest BCUT2D eigenvalue weighted by atomic mass is 16.5. The van der Waals surface area contributed by atoms with Crippen LogP contribution in [0.15, 0.2) is 0 Å². The summed E-state index contributed by atoms with van der Waals surface area (Å²) in [6.07, 6.45) is 3.05. The van der Waals surface area contributed by atoms with Crippen molar-refractivity contribution >= 4 is 5.91 Å². The van der Waals surface area contributed by atoms with Gasteiger partial charge in [-0.15, -0.1) is 0 Å². The van der Waals surface area contributed by atoms with Crippen molar-refractivity contribution in [3.63, 3.8) is 0 Å². The van der Waals surface area contributed by atoms with Crippen LogP contribution in [0.25, 0.3) is 0 Å². The van der Waals surface area contributed by atoms with Gasteiger partial charge in [-0.05, 0) is 31.7 Å². The van der Waals surface area contributed by atoms with E-state index in [1.165, 1.54) is 6.42 Å². The molecule has 3 aliphatic heterocycles. The summed E-state index contributed by atoms with van der Waals surface area (Å²) in [6.45, 7) is 3.81. The number of ether oxygens (including phenoxy) is 1. The molecule has 0 saturated carbocycles. The summed E-state index contributed by atoms with van der Waals surface area (Å²) in [5, 5.41) is 3.36. The zero-order valence-corrected chi connectivity index (χ0v) is 8.95. The molecule has 84 valence electrons. The lowest BCUT2D eigenvalue weighted by Gasteiger charge is -2.51. The number of nitrogens with zero attached hydrogens (tertiary/aromatic N) is 1. The first kappa shape index (κ1) is 9.60. The standard InChI is InChI=1S/C11H18N2O2/c14-11(10-2-1-5-15-10)13-7-8-3-4-12-6-9(8)13/h8-10,12H,1-7H2/t8-,9-,10-/m0/s1. The van der Waals surface area contributed by atoms with E-state index in [1.54, 1.807) is 0 Å². The highest BCUT2D eigenvalue weighted by Crippen LogP contribution is 2.31. The third-order valence-electron chi connectivity index (χ3n) is 3.91. The lowest BCUT2D eigenvalue weighted by molar-refractivity contribution is -0.155. The van der Waals surface area contributed by atoms with E-state index in [9.17, 15) is 4.79 Å². The van der Waals surface area contributed by atoms with Crippen LogP contribution in [0.5, 0.6) is 0 Å². The third-order valence-corrected chi connectivity index (χ3v) is 3.91. The highest BCUT2D eigenvalue weighted by molar-refractivity contribution is 5.82. The molecule has 4 nitrogen and oxygen atoms in total. The van der Waals surface area contributed by atoms with Crippen LogP contribution in [0.2, 0.25) is 0 Å². The Labute approximate surface area is 90.0 Å². The highest BCUT2D eigenvalue weighted by Gasteiger charge is 2.45. The summed E-state index contributed by atoms with van der Waals surface area (Å²) in [4.78, 5) is 14.1. The van der Waals surface area contributed by atoms with Crippen molar-refractivity contribution in [1.82, 2.24) is 10.2 Å². The molecule has 3 atom stereocenters. The SMILES string of the molecule is O=C([C@@H]1CCCO1)N1C[C@@H]2CCNC[C@@H]21. The van der Waals surface area contributed by atoms with Crippen LogP contribution in [-0.4, -0.2) is 49.2 Å². The summed E-state index contributed by atoms with van der Waals surface area (Å²) < 4.78 is 5.44. The van der Waals surface area contributed by atoms with Crippen molar-refractivity contribution in [3.8, 4) is 0 Å². The van der Waals surface area contributed by atoms with Crippen molar-refractivity contribution in [3.05, 3.63) is 0 Å². The molecule has 3 rings (SSSR count). The molecule has 15 heavy (non-hydrogen) atoms. The minimum absolute atomic E-state index is 0.132. The molecule has 0 radical (unpaired) electrons. The number of fused-ring (bicyclic) bond motifs is 1. The smallest absolute Gasteiger partial charge is 0.252 e. The number of rotatable bonds is 1. The number of hydrogen-bond donors (Lipinski definition) is 1. The van der Waals surface area contributed by atoms with Gasteiger partial charge in [-0.2, -0.15) is 0 Å². The number of piperidine rings is 1. The first-order valence-corrected chi connectivity index (χ1v) is 5.99. The van der Waals surface area contributed by atoms with Crippen LogP contribution in [0.1, 0.15) is 19.3 Å². The number of carbonyl (C=O) groups excluding carboxylic acids is 1. The van der Waals surface area contributed by atoms with E-state index in [0.717, 1.165) is 45.0 Å². The monoisotopic (exact) mass is 210 g/mol. The Morgan fingerprint density at radius 2 is 2.33 bits per heavy atom. The topological polar surface area (TPSA) is 41.6 Å². The molecule has 0 aromatic rings. The van der Waals surface area contributed by atoms with Crippen molar-refractivity contribution in [2.45, 2.75) is 31.4 Å². The van der Waals surface area contributed by atoms with E-state index in [2.05, 4.69) is 5.32 Å². The molecule has 0 bridgehead atoms. The van der Waals surface area contributed by atoms with E-state index in [1.807, 2.05) is 4.90 Å². The van der Waals surface area contributed by atoms with Gasteiger partial charge in [0.2, 0.25) is 0 Å². The molecule has 0 aromatic carbocycles. The van der Waals surface area contributed by atoms with Gasteiger partial charge < -0.3 is 15.0 Å². The van der Waals surface area contributed by atoms with E-state index in [-0.39, 0.29) is 12.0 Å². The molecule has 1 amide bonds. The maximum absolute atomic E-state index is 12.1. The average Bonchev–Trinajstić information content (AvgIpc) is 2.72. The molecule has 4 heteroatoms. The van der Waals surface area contributed by atoms with Crippen LogP contribution in [0.4, 0.5) is 0 Å². The van der Waals surface area contributed by atoms with Crippen LogP contribution < -0.4 is 5.32 Å². The first-order valence-electron chi connectivity index (χ1n) is 5.99. The van der Waals surface area contributed by atoms with Gasteiger partial charge in [0.15, 0.2) is 0 Å². The maximum Gasteiger partial charge on any atom is 0.252 e. The van der Waals surface area contributed by atoms with Crippen molar-refractivity contribution in [1.29, 1.82) is 0 Å². The third kappa shape index (κ3) is 1.56. The number of nitrogens with one attached hydrogen (secondary N) is 1. The Kier molecular flexibility index (Phi) is 2.41. The predicted molar refractivity (Wildman–Crippen MR) is 55.5 cm³/mol. The Balaban J connectivity index is 1.61. The van der Waals surface area contributed by atoms with Crippen LogP contribution in [-0.2, 0) is 9.53 Å². The van der Waals surface area contributed by atoms with Crippen molar-refractivity contribution in [2.24, 2.45) is 5.92 Å².